The zero-order chi connectivity index (χ0) is 56.8. The van der Waals surface area contributed by atoms with Crippen LogP contribution in [-0.4, -0.2) is 13.4 Å². The molecule has 0 aromatic heterocycles. The largest absolute Gasteiger partial charge is 0.311 e. The molecule has 0 saturated carbocycles. The fourth-order valence-electron chi connectivity index (χ4n) is 14.8. The summed E-state index contributed by atoms with van der Waals surface area (Å²) in [5, 5.41) is 2.56. The Morgan fingerprint density at radius 1 is 0.238 bits per heavy atom. The molecule has 4 heterocycles. The minimum atomic E-state index is 0.0199. The van der Waals surface area contributed by atoms with Gasteiger partial charge in [0.15, 0.2) is 0 Å². The first-order valence-electron chi connectivity index (χ1n) is 29.7. The van der Waals surface area contributed by atoms with Crippen LogP contribution in [0.2, 0.25) is 0 Å². The third-order valence-electron chi connectivity index (χ3n) is 18.7. The lowest BCUT2D eigenvalue weighted by Crippen LogP contribution is -2.61. The van der Waals surface area contributed by atoms with Crippen molar-refractivity contribution in [2.45, 2.75) is 55.4 Å². The third kappa shape index (κ3) is 7.56. The van der Waals surface area contributed by atoms with Crippen LogP contribution in [0.4, 0.5) is 68.2 Å². The molecule has 12 aromatic rings. The molecule has 0 amide bonds. The van der Waals surface area contributed by atoms with Crippen LogP contribution in [0, 0.1) is 55.4 Å². The van der Waals surface area contributed by atoms with E-state index in [0.29, 0.717) is 0 Å². The van der Waals surface area contributed by atoms with Crippen LogP contribution in [0.5, 0.6) is 0 Å². The molecule has 6 heteroatoms. The van der Waals surface area contributed by atoms with Crippen molar-refractivity contribution in [2.24, 2.45) is 0 Å². The SMILES string of the molecule is Cc1ccc(N2c3ccc(C)cc3B3c4cc(-c5ccc6c(C)c(-c7ccc8c(c7)B7c9cc(C)ccc9N(c9ccc(C)cc9)c9cc(C)cc(c97)N8c7ccccc7)ccc6c5C)ccc4N(c4ccccc4)c4cc(C)cc2c43)cc1. The molecule has 0 unspecified atom stereocenters. The zero-order valence-corrected chi connectivity index (χ0v) is 48.9. The van der Waals surface area contributed by atoms with E-state index in [-0.39, 0.29) is 13.4 Å². The third-order valence-corrected chi connectivity index (χ3v) is 18.7. The van der Waals surface area contributed by atoms with Gasteiger partial charge in [0.1, 0.15) is 0 Å². The topological polar surface area (TPSA) is 13.0 Å². The van der Waals surface area contributed by atoms with Gasteiger partial charge in [-0.25, -0.2) is 0 Å². The number of aryl methyl sites for hydroxylation is 8. The van der Waals surface area contributed by atoms with E-state index in [9.17, 15) is 0 Å². The minimum Gasteiger partial charge on any atom is -0.311 e. The maximum Gasteiger partial charge on any atom is 0.252 e. The monoisotopic (exact) mass is 1080 g/mol. The van der Waals surface area contributed by atoms with Crippen LogP contribution in [0.25, 0.3) is 33.0 Å². The van der Waals surface area contributed by atoms with Crippen molar-refractivity contribution in [1.29, 1.82) is 0 Å². The van der Waals surface area contributed by atoms with Gasteiger partial charge in [0.05, 0.1) is 0 Å². The van der Waals surface area contributed by atoms with Crippen molar-refractivity contribution in [3.63, 3.8) is 0 Å². The molecule has 0 fully saturated rings. The van der Waals surface area contributed by atoms with Gasteiger partial charge in [-0.05, 0) is 241 Å². The molecule has 4 nitrogen and oxygen atoms in total. The van der Waals surface area contributed by atoms with E-state index in [1.165, 1.54) is 167 Å². The normalized spacial score (nSPS) is 13.3. The second-order valence-corrected chi connectivity index (χ2v) is 24.2. The second kappa shape index (κ2) is 18.9. The van der Waals surface area contributed by atoms with Gasteiger partial charge < -0.3 is 19.6 Å². The summed E-state index contributed by atoms with van der Waals surface area (Å²) in [5.41, 5.74) is 37.5. The van der Waals surface area contributed by atoms with E-state index >= 15 is 0 Å². The van der Waals surface area contributed by atoms with Crippen LogP contribution >= 0.6 is 0 Å². The predicted octanol–water partition coefficient (Wildman–Crippen LogP) is 16.8. The summed E-state index contributed by atoms with van der Waals surface area (Å²) in [6.45, 7) is 18.0. The molecular formula is C78H62B2N4. The molecule has 16 rings (SSSR count). The molecule has 0 radical (unpaired) electrons. The average Bonchev–Trinajstić information content (AvgIpc) is 0.894. The fraction of sp³-hybridized carbons (Fsp3) is 0.103. The van der Waals surface area contributed by atoms with Crippen LogP contribution in [0.15, 0.2) is 231 Å². The van der Waals surface area contributed by atoms with Crippen LogP contribution < -0.4 is 52.4 Å². The lowest BCUT2D eigenvalue weighted by molar-refractivity contribution is 1.23. The second-order valence-electron chi connectivity index (χ2n) is 24.2. The molecule has 12 aromatic carbocycles. The highest BCUT2D eigenvalue weighted by Crippen LogP contribution is 2.48. The number of fused-ring (bicyclic) bond motifs is 9. The molecular weight excluding hydrogens is 1010 g/mol. The van der Waals surface area contributed by atoms with Gasteiger partial charge in [-0.3, -0.25) is 0 Å². The molecule has 400 valence electrons. The number of nitrogens with zero attached hydrogens (tertiary/aromatic N) is 4. The minimum absolute atomic E-state index is 0.0199. The van der Waals surface area contributed by atoms with Gasteiger partial charge in [-0.2, -0.15) is 0 Å². The van der Waals surface area contributed by atoms with E-state index in [1.807, 2.05) is 0 Å². The van der Waals surface area contributed by atoms with E-state index in [0.717, 1.165) is 11.4 Å². The lowest BCUT2D eigenvalue weighted by Gasteiger charge is -2.44. The summed E-state index contributed by atoms with van der Waals surface area (Å²) in [4.78, 5) is 10.0. The maximum atomic E-state index is 2.52. The van der Waals surface area contributed by atoms with Crippen LogP contribution in [-0.2, 0) is 0 Å². The Morgan fingerprint density at radius 3 is 0.905 bits per heavy atom. The number of benzene rings is 12. The number of hydrogen-bond donors (Lipinski definition) is 0. The highest BCUT2D eigenvalue weighted by molar-refractivity contribution is 7.01. The molecule has 0 aliphatic carbocycles. The lowest BCUT2D eigenvalue weighted by atomic mass is 9.33. The van der Waals surface area contributed by atoms with Crippen molar-refractivity contribution in [1.82, 2.24) is 0 Å². The first kappa shape index (κ1) is 50.0. The van der Waals surface area contributed by atoms with Crippen molar-refractivity contribution >= 4 is 125 Å². The van der Waals surface area contributed by atoms with Crippen molar-refractivity contribution in [3.8, 4) is 22.3 Å². The van der Waals surface area contributed by atoms with Gasteiger partial charge >= 0.3 is 0 Å². The van der Waals surface area contributed by atoms with Crippen molar-refractivity contribution in [2.75, 3.05) is 19.6 Å². The first-order chi connectivity index (χ1) is 40.9. The van der Waals surface area contributed by atoms with Crippen molar-refractivity contribution < 1.29 is 0 Å². The Morgan fingerprint density at radius 2 is 0.548 bits per heavy atom. The summed E-state index contributed by atoms with van der Waals surface area (Å²) in [5.74, 6) is 0. The van der Waals surface area contributed by atoms with Gasteiger partial charge in [-0.15, -0.1) is 0 Å². The van der Waals surface area contributed by atoms with Crippen LogP contribution in [0.3, 0.4) is 0 Å². The number of anilines is 12. The molecule has 0 spiro atoms. The van der Waals surface area contributed by atoms with Gasteiger partial charge in [0, 0.05) is 68.2 Å². The van der Waals surface area contributed by atoms with E-state index in [4.69, 9.17) is 0 Å². The van der Waals surface area contributed by atoms with Crippen molar-refractivity contribution in [3.05, 3.63) is 275 Å². The summed E-state index contributed by atoms with van der Waals surface area (Å²) < 4.78 is 0. The molecule has 84 heavy (non-hydrogen) atoms. The Hall–Kier alpha value is -9.77. The molecule has 0 atom stereocenters. The standard InChI is InChI=1S/C78H62B2N4/c1-47-19-27-59(28-20-47)83-69-35-23-49(3)39-65(69)79-67-45-55(25-37-71(67)81(57-15-11-9-12-16-57)73-41-51(5)43-75(83)77(73)79)61-31-33-64-54(8)62(32-34-63(64)53(61)7)56-26-38-72-68(46-56)80-66-40-50(4)24-36-70(66)84(60-29-21-48(2)22-30-60)76-44-52(6)42-74(78(76)80)82(72)58-17-13-10-14-18-58/h9-46H,1-8H3. The fourth-order valence-corrected chi connectivity index (χ4v) is 14.8. The predicted molar refractivity (Wildman–Crippen MR) is 361 cm³/mol. The Labute approximate surface area is 494 Å². The van der Waals surface area contributed by atoms with Gasteiger partial charge in [-0.1, -0.05) is 156 Å². The van der Waals surface area contributed by atoms with Crippen LogP contribution in [0.1, 0.15) is 44.5 Å². The molecule has 0 N–H and O–H groups in total. The molecule has 4 aliphatic rings. The number of para-hydroxylation sites is 2. The van der Waals surface area contributed by atoms with Gasteiger partial charge in [0.2, 0.25) is 0 Å². The highest BCUT2D eigenvalue weighted by Gasteiger charge is 2.46. The summed E-state index contributed by atoms with van der Waals surface area (Å²) >= 11 is 0. The smallest absolute Gasteiger partial charge is 0.252 e. The van der Waals surface area contributed by atoms with E-state index in [2.05, 4.69) is 306 Å². The summed E-state index contributed by atoms with van der Waals surface area (Å²) in [7, 11) is 0. The maximum absolute atomic E-state index is 2.52. The molecule has 0 saturated heterocycles. The first-order valence-corrected chi connectivity index (χ1v) is 29.7. The zero-order valence-electron chi connectivity index (χ0n) is 48.9. The Balaban J connectivity index is 0.841. The average molecular weight is 1080 g/mol. The quantitative estimate of drug-likeness (QED) is 0.154. The van der Waals surface area contributed by atoms with Gasteiger partial charge in [0.25, 0.3) is 13.4 Å². The number of hydrogen-bond acceptors (Lipinski definition) is 4. The highest BCUT2D eigenvalue weighted by atomic mass is 15.2. The number of rotatable bonds is 6. The molecule has 4 aliphatic heterocycles. The summed E-state index contributed by atoms with van der Waals surface area (Å²) in [6.07, 6.45) is 0. The van der Waals surface area contributed by atoms with E-state index in [1.54, 1.807) is 0 Å². The Bertz CT molecular complexity index is 4420. The Kier molecular flexibility index (Phi) is 11.2. The molecule has 0 bridgehead atoms. The van der Waals surface area contributed by atoms with E-state index < -0.39 is 0 Å². The summed E-state index contributed by atoms with van der Waals surface area (Å²) in [6, 6.07) is 87.9.